The van der Waals surface area contributed by atoms with Crippen LogP contribution in [0.3, 0.4) is 0 Å². The third kappa shape index (κ3) is 2.28. The monoisotopic (exact) mass is 226 g/mol. The van der Waals surface area contributed by atoms with Crippen LogP contribution in [0.1, 0.15) is 43.0 Å². The first-order valence-electron chi connectivity index (χ1n) is 5.17. The lowest BCUT2D eigenvalue weighted by molar-refractivity contribution is 0.442. The molecule has 1 aromatic rings. The van der Waals surface area contributed by atoms with Crippen molar-refractivity contribution in [1.82, 2.24) is 0 Å². The lowest BCUT2D eigenvalue weighted by Gasteiger charge is -2.23. The summed E-state index contributed by atoms with van der Waals surface area (Å²) in [6.45, 7) is 10.2. The smallest absolute Gasteiger partial charge is 0.122 e. The fourth-order valence-corrected chi connectivity index (χ4v) is 1.96. The zero-order valence-electron chi connectivity index (χ0n) is 10.1. The van der Waals surface area contributed by atoms with Crippen LogP contribution in [0.2, 0.25) is 0 Å². The second-order valence-electron chi connectivity index (χ2n) is 5.07. The molecule has 0 saturated carbocycles. The predicted octanol–water partition coefficient (Wildman–Crippen LogP) is 4.05. The minimum absolute atomic E-state index is 0.0522. The van der Waals surface area contributed by atoms with Crippen LogP contribution in [0.4, 0.5) is 0 Å². The van der Waals surface area contributed by atoms with E-state index < -0.39 is 0 Å². The second kappa shape index (κ2) is 4.05. The Labute approximate surface area is 97.1 Å². The highest BCUT2D eigenvalue weighted by Crippen LogP contribution is 2.36. The SMILES string of the molecule is Cc1c(CCl)cc(C(C)(C)C)c(O)c1C. The molecule has 0 aromatic heterocycles. The molecule has 0 aliphatic heterocycles. The molecule has 0 saturated heterocycles. The summed E-state index contributed by atoms with van der Waals surface area (Å²) in [7, 11) is 0. The topological polar surface area (TPSA) is 20.2 Å². The van der Waals surface area contributed by atoms with Crippen LogP contribution >= 0.6 is 11.6 Å². The maximum atomic E-state index is 10.1. The van der Waals surface area contributed by atoms with Crippen molar-refractivity contribution in [3.05, 3.63) is 28.3 Å². The van der Waals surface area contributed by atoms with Crippen molar-refractivity contribution in [3.63, 3.8) is 0 Å². The molecule has 0 radical (unpaired) electrons. The first kappa shape index (κ1) is 12.4. The number of rotatable bonds is 1. The van der Waals surface area contributed by atoms with Crippen molar-refractivity contribution in [1.29, 1.82) is 0 Å². The van der Waals surface area contributed by atoms with Gasteiger partial charge >= 0.3 is 0 Å². The maximum Gasteiger partial charge on any atom is 0.122 e. The van der Waals surface area contributed by atoms with Gasteiger partial charge in [0.25, 0.3) is 0 Å². The number of phenols is 1. The number of alkyl halides is 1. The van der Waals surface area contributed by atoms with Crippen LogP contribution in [0, 0.1) is 13.8 Å². The Morgan fingerprint density at radius 1 is 1.20 bits per heavy atom. The molecule has 15 heavy (non-hydrogen) atoms. The Bertz CT molecular complexity index is 375. The molecule has 84 valence electrons. The van der Waals surface area contributed by atoms with Gasteiger partial charge in [-0.15, -0.1) is 11.6 Å². The molecule has 0 aliphatic carbocycles. The van der Waals surface area contributed by atoms with Crippen molar-refractivity contribution in [2.24, 2.45) is 0 Å². The van der Waals surface area contributed by atoms with Gasteiger partial charge in [-0.25, -0.2) is 0 Å². The van der Waals surface area contributed by atoms with E-state index in [9.17, 15) is 5.11 Å². The molecule has 0 unspecified atom stereocenters. The van der Waals surface area contributed by atoms with Gasteiger partial charge in [-0.1, -0.05) is 26.8 Å². The van der Waals surface area contributed by atoms with Crippen molar-refractivity contribution < 1.29 is 5.11 Å². The second-order valence-corrected chi connectivity index (χ2v) is 5.33. The average Bonchev–Trinajstić information content (AvgIpc) is 2.13. The number of aromatic hydroxyl groups is 1. The van der Waals surface area contributed by atoms with Gasteiger partial charge in [-0.3, -0.25) is 0 Å². The lowest BCUT2D eigenvalue weighted by Crippen LogP contribution is -2.13. The van der Waals surface area contributed by atoms with Gasteiger partial charge in [0, 0.05) is 5.88 Å². The summed E-state index contributed by atoms with van der Waals surface area (Å²) in [5.74, 6) is 0.907. The van der Waals surface area contributed by atoms with E-state index in [-0.39, 0.29) is 5.41 Å². The van der Waals surface area contributed by atoms with Gasteiger partial charge in [-0.2, -0.15) is 0 Å². The molecule has 1 rings (SSSR count). The fourth-order valence-electron chi connectivity index (χ4n) is 1.68. The standard InChI is InChI=1S/C13H19ClO/c1-8-9(2)12(15)11(13(3,4)5)6-10(8)7-14/h6,15H,7H2,1-5H3. The predicted molar refractivity (Wildman–Crippen MR) is 65.8 cm³/mol. The van der Waals surface area contributed by atoms with E-state index in [0.717, 1.165) is 22.3 Å². The average molecular weight is 227 g/mol. The normalized spacial score (nSPS) is 11.9. The lowest BCUT2D eigenvalue weighted by atomic mass is 9.83. The molecule has 0 atom stereocenters. The molecule has 0 bridgehead atoms. The number of halogens is 1. The Balaban J connectivity index is 3.49. The van der Waals surface area contributed by atoms with Crippen LogP contribution < -0.4 is 0 Å². The third-order valence-electron chi connectivity index (χ3n) is 2.93. The third-order valence-corrected chi connectivity index (χ3v) is 3.21. The molecule has 1 N–H and O–H groups in total. The number of hydrogen-bond acceptors (Lipinski definition) is 1. The molecule has 1 aromatic carbocycles. The van der Waals surface area contributed by atoms with Crippen LogP contribution in [-0.4, -0.2) is 5.11 Å². The zero-order valence-corrected chi connectivity index (χ0v) is 10.9. The van der Waals surface area contributed by atoms with Crippen LogP contribution in [0.5, 0.6) is 5.75 Å². The van der Waals surface area contributed by atoms with E-state index in [1.807, 2.05) is 19.9 Å². The minimum Gasteiger partial charge on any atom is -0.507 e. The van der Waals surface area contributed by atoms with E-state index in [1.165, 1.54) is 0 Å². The summed E-state index contributed by atoms with van der Waals surface area (Å²) >= 11 is 5.90. The van der Waals surface area contributed by atoms with Crippen molar-refractivity contribution in [3.8, 4) is 5.75 Å². The van der Waals surface area contributed by atoms with Crippen molar-refractivity contribution in [2.45, 2.75) is 45.9 Å². The Kier molecular flexibility index (Phi) is 3.34. The van der Waals surface area contributed by atoms with Crippen LogP contribution in [-0.2, 0) is 11.3 Å². The highest BCUT2D eigenvalue weighted by Gasteiger charge is 2.21. The van der Waals surface area contributed by atoms with Gasteiger partial charge < -0.3 is 5.11 Å². The van der Waals surface area contributed by atoms with E-state index in [0.29, 0.717) is 11.6 Å². The Morgan fingerprint density at radius 2 is 1.73 bits per heavy atom. The molecule has 1 nitrogen and oxygen atoms in total. The highest BCUT2D eigenvalue weighted by atomic mass is 35.5. The molecular formula is C13H19ClO. The molecule has 0 amide bonds. The molecule has 2 heteroatoms. The fraction of sp³-hybridized carbons (Fsp3) is 0.538. The zero-order chi connectivity index (χ0) is 11.8. The molecular weight excluding hydrogens is 208 g/mol. The highest BCUT2D eigenvalue weighted by molar-refractivity contribution is 6.17. The number of phenolic OH excluding ortho intramolecular Hbond substituents is 1. The van der Waals surface area contributed by atoms with Gasteiger partial charge in [0.2, 0.25) is 0 Å². The summed E-state index contributed by atoms with van der Waals surface area (Å²) in [4.78, 5) is 0. The molecule has 0 heterocycles. The first-order chi connectivity index (χ1) is 6.79. The largest absolute Gasteiger partial charge is 0.507 e. The van der Waals surface area contributed by atoms with Crippen LogP contribution in [0.25, 0.3) is 0 Å². The van der Waals surface area contributed by atoms with E-state index in [2.05, 4.69) is 20.8 Å². The molecule has 0 aliphatic rings. The number of hydrogen-bond donors (Lipinski definition) is 1. The summed E-state index contributed by atoms with van der Waals surface area (Å²) in [6, 6.07) is 2.02. The summed E-state index contributed by atoms with van der Waals surface area (Å²) in [5, 5.41) is 10.1. The van der Waals surface area contributed by atoms with E-state index in [1.54, 1.807) is 0 Å². The minimum atomic E-state index is -0.0522. The number of benzene rings is 1. The Hall–Kier alpha value is -0.690. The molecule has 0 fully saturated rings. The van der Waals surface area contributed by atoms with Crippen LogP contribution in [0.15, 0.2) is 6.07 Å². The van der Waals surface area contributed by atoms with Crippen molar-refractivity contribution >= 4 is 11.6 Å². The van der Waals surface area contributed by atoms with Gasteiger partial charge in [0.1, 0.15) is 5.75 Å². The summed E-state index contributed by atoms with van der Waals surface area (Å²) < 4.78 is 0. The van der Waals surface area contributed by atoms with Crippen molar-refractivity contribution in [2.75, 3.05) is 0 Å². The van der Waals surface area contributed by atoms with Gasteiger partial charge in [-0.05, 0) is 41.5 Å². The van der Waals surface area contributed by atoms with Gasteiger partial charge in [0.05, 0.1) is 0 Å². The van der Waals surface area contributed by atoms with Gasteiger partial charge in [0.15, 0.2) is 0 Å². The summed E-state index contributed by atoms with van der Waals surface area (Å²) in [6.07, 6.45) is 0. The van der Waals surface area contributed by atoms with E-state index >= 15 is 0 Å². The molecule has 0 spiro atoms. The quantitative estimate of drug-likeness (QED) is 0.717. The summed E-state index contributed by atoms with van der Waals surface area (Å²) in [5.41, 5.74) is 4.07. The maximum absolute atomic E-state index is 10.1. The Morgan fingerprint density at radius 3 is 2.13 bits per heavy atom. The first-order valence-corrected chi connectivity index (χ1v) is 5.71. The van der Waals surface area contributed by atoms with E-state index in [4.69, 9.17) is 11.6 Å².